The van der Waals surface area contributed by atoms with Gasteiger partial charge in [-0.1, -0.05) is 30.3 Å². The van der Waals surface area contributed by atoms with Crippen molar-refractivity contribution in [2.24, 2.45) is 0 Å². The van der Waals surface area contributed by atoms with Gasteiger partial charge in [0.25, 0.3) is 0 Å². The Balaban J connectivity index is 1.87. The van der Waals surface area contributed by atoms with Crippen LogP contribution < -0.4 is 0 Å². The Hall–Kier alpha value is -3.73. The van der Waals surface area contributed by atoms with Crippen LogP contribution in [-0.2, 0) is 16.1 Å². The summed E-state index contributed by atoms with van der Waals surface area (Å²) >= 11 is 0. The van der Waals surface area contributed by atoms with E-state index in [0.29, 0.717) is 23.2 Å². The molecule has 0 aliphatic rings. The summed E-state index contributed by atoms with van der Waals surface area (Å²) in [5.41, 5.74) is 3.66. The Kier molecular flexibility index (Phi) is 5.19. The summed E-state index contributed by atoms with van der Waals surface area (Å²) in [6, 6.07) is 20.3. The Bertz CT molecular complexity index is 1290. The third kappa shape index (κ3) is 3.62. The molecule has 5 heteroatoms. The van der Waals surface area contributed by atoms with Gasteiger partial charge in [0.15, 0.2) is 11.6 Å². The lowest BCUT2D eigenvalue weighted by atomic mass is 10.0. The molecular weight excluding hydrogens is 378 g/mol. The summed E-state index contributed by atoms with van der Waals surface area (Å²) in [6.07, 6.45) is 0. The van der Waals surface area contributed by atoms with E-state index in [1.165, 1.54) is 13.8 Å². The van der Waals surface area contributed by atoms with Crippen LogP contribution in [-0.4, -0.2) is 28.7 Å². The minimum atomic E-state index is -0.328. The summed E-state index contributed by atoms with van der Waals surface area (Å²) in [7, 11) is 0. The second kappa shape index (κ2) is 7.95. The Morgan fingerprint density at radius 1 is 0.767 bits per heavy atom. The fourth-order valence-corrected chi connectivity index (χ4v) is 3.74. The van der Waals surface area contributed by atoms with Crippen molar-refractivity contribution in [1.29, 1.82) is 0 Å². The van der Waals surface area contributed by atoms with Gasteiger partial charge >= 0.3 is 5.97 Å². The number of rotatable bonds is 6. The molecule has 0 N–H and O–H groups in total. The van der Waals surface area contributed by atoms with Gasteiger partial charge in [-0.3, -0.25) is 14.4 Å². The maximum atomic E-state index is 12.9. The molecule has 0 radical (unpaired) electrons. The second-order valence-electron chi connectivity index (χ2n) is 7.21. The molecule has 4 aromatic rings. The quantitative estimate of drug-likeness (QED) is 0.345. The number of hydrogen-bond acceptors (Lipinski definition) is 4. The first-order valence-corrected chi connectivity index (χ1v) is 9.76. The molecule has 0 amide bonds. The molecular formula is C25H21NO4. The lowest BCUT2D eigenvalue weighted by molar-refractivity contribution is -0.141. The van der Waals surface area contributed by atoms with Gasteiger partial charge in [0.2, 0.25) is 0 Å². The first-order chi connectivity index (χ1) is 14.5. The number of carbonyl (C=O) groups is 3. The van der Waals surface area contributed by atoms with E-state index in [9.17, 15) is 14.4 Å². The van der Waals surface area contributed by atoms with E-state index in [-0.39, 0.29) is 24.1 Å². The van der Waals surface area contributed by atoms with Crippen LogP contribution >= 0.6 is 0 Å². The van der Waals surface area contributed by atoms with Gasteiger partial charge in [-0.25, -0.2) is 0 Å². The fourth-order valence-electron chi connectivity index (χ4n) is 3.74. The van der Waals surface area contributed by atoms with Crippen LogP contribution in [0.15, 0.2) is 66.7 Å². The van der Waals surface area contributed by atoms with E-state index in [0.717, 1.165) is 21.8 Å². The Morgan fingerprint density at radius 2 is 1.37 bits per heavy atom. The molecule has 0 aliphatic carbocycles. The van der Waals surface area contributed by atoms with Crippen molar-refractivity contribution in [3.8, 4) is 0 Å². The summed E-state index contributed by atoms with van der Waals surface area (Å²) < 4.78 is 7.18. The van der Waals surface area contributed by atoms with E-state index < -0.39 is 0 Å². The number of benzene rings is 3. The van der Waals surface area contributed by atoms with E-state index in [2.05, 4.69) is 0 Å². The standard InChI is InChI=1S/C25H21NO4/c1-16(27)19-8-10-23-21(14-19)22-15-20(25(29)18-6-4-3-5-7-18)9-11-24(22)26(23)12-13-30-17(2)28/h3-11,14-15H,12-13H2,1-2H3. The molecule has 0 spiro atoms. The van der Waals surface area contributed by atoms with Gasteiger partial charge in [-0.2, -0.15) is 0 Å². The molecule has 0 saturated carbocycles. The monoisotopic (exact) mass is 399 g/mol. The normalized spacial score (nSPS) is 11.0. The molecule has 4 rings (SSSR count). The average molecular weight is 399 g/mol. The molecule has 1 heterocycles. The maximum Gasteiger partial charge on any atom is 0.302 e. The van der Waals surface area contributed by atoms with Crippen LogP contribution in [0.3, 0.4) is 0 Å². The molecule has 0 bridgehead atoms. The summed E-state index contributed by atoms with van der Waals surface area (Å²) in [5.74, 6) is -0.402. The zero-order valence-corrected chi connectivity index (χ0v) is 16.8. The molecule has 30 heavy (non-hydrogen) atoms. The van der Waals surface area contributed by atoms with Crippen LogP contribution in [0.4, 0.5) is 0 Å². The van der Waals surface area contributed by atoms with Gasteiger partial charge < -0.3 is 9.30 Å². The summed E-state index contributed by atoms with van der Waals surface area (Å²) in [5, 5.41) is 1.78. The van der Waals surface area contributed by atoms with E-state index in [1.54, 1.807) is 18.2 Å². The average Bonchev–Trinajstić information content (AvgIpc) is 3.06. The van der Waals surface area contributed by atoms with E-state index >= 15 is 0 Å². The van der Waals surface area contributed by atoms with Crippen molar-refractivity contribution in [3.05, 3.63) is 83.4 Å². The number of hydrogen-bond donors (Lipinski definition) is 0. The summed E-state index contributed by atoms with van der Waals surface area (Å²) in [4.78, 5) is 36.0. The largest absolute Gasteiger partial charge is 0.464 e. The van der Waals surface area contributed by atoms with Crippen molar-refractivity contribution >= 4 is 39.3 Å². The van der Waals surface area contributed by atoms with Crippen molar-refractivity contribution in [1.82, 2.24) is 4.57 Å². The number of nitrogens with zero attached hydrogens (tertiary/aromatic N) is 1. The fraction of sp³-hybridized carbons (Fsp3) is 0.160. The van der Waals surface area contributed by atoms with Crippen LogP contribution in [0.1, 0.15) is 40.1 Å². The third-order valence-electron chi connectivity index (χ3n) is 5.19. The van der Waals surface area contributed by atoms with Crippen molar-refractivity contribution in [2.45, 2.75) is 20.4 Å². The molecule has 5 nitrogen and oxygen atoms in total. The highest BCUT2D eigenvalue weighted by molar-refractivity contribution is 6.15. The second-order valence-corrected chi connectivity index (χ2v) is 7.21. The molecule has 150 valence electrons. The molecule has 0 unspecified atom stereocenters. The number of aromatic nitrogens is 1. The Morgan fingerprint density at radius 3 is 1.97 bits per heavy atom. The number of carbonyl (C=O) groups excluding carboxylic acids is 3. The maximum absolute atomic E-state index is 12.9. The first kappa shape index (κ1) is 19.6. The molecule has 0 saturated heterocycles. The zero-order chi connectivity index (χ0) is 21.3. The molecule has 0 fully saturated rings. The highest BCUT2D eigenvalue weighted by atomic mass is 16.5. The third-order valence-corrected chi connectivity index (χ3v) is 5.19. The van der Waals surface area contributed by atoms with Crippen molar-refractivity contribution in [3.63, 3.8) is 0 Å². The number of ketones is 2. The van der Waals surface area contributed by atoms with Gasteiger partial charge in [0, 0.05) is 45.4 Å². The number of fused-ring (bicyclic) bond motifs is 3. The minimum Gasteiger partial charge on any atom is -0.464 e. The van der Waals surface area contributed by atoms with Crippen LogP contribution in [0.25, 0.3) is 21.8 Å². The van der Waals surface area contributed by atoms with Crippen LogP contribution in [0.2, 0.25) is 0 Å². The zero-order valence-electron chi connectivity index (χ0n) is 16.8. The van der Waals surface area contributed by atoms with Gasteiger partial charge in [0.1, 0.15) is 6.61 Å². The minimum absolute atomic E-state index is 0.0192. The number of ether oxygens (including phenoxy) is 1. The molecule has 0 aliphatic heterocycles. The predicted octanol–water partition coefficient (Wildman–Crippen LogP) is 4.79. The lowest BCUT2D eigenvalue weighted by Crippen LogP contribution is -2.08. The van der Waals surface area contributed by atoms with Gasteiger partial charge in [-0.05, 0) is 43.3 Å². The first-order valence-electron chi connectivity index (χ1n) is 9.76. The SMILES string of the molecule is CC(=O)OCCn1c2ccc(C(C)=O)cc2c2cc(C(=O)c3ccccc3)ccc21. The van der Waals surface area contributed by atoms with E-state index in [4.69, 9.17) is 4.74 Å². The van der Waals surface area contributed by atoms with Gasteiger partial charge in [0.05, 0.1) is 6.54 Å². The van der Waals surface area contributed by atoms with Crippen molar-refractivity contribution < 1.29 is 19.1 Å². The lowest BCUT2D eigenvalue weighted by Gasteiger charge is -2.08. The smallest absolute Gasteiger partial charge is 0.302 e. The van der Waals surface area contributed by atoms with Gasteiger partial charge in [-0.15, -0.1) is 0 Å². The highest BCUT2D eigenvalue weighted by Gasteiger charge is 2.16. The Labute approximate surface area is 173 Å². The molecule has 3 aromatic carbocycles. The summed E-state index contributed by atoms with van der Waals surface area (Å²) in [6.45, 7) is 3.64. The van der Waals surface area contributed by atoms with Crippen molar-refractivity contribution in [2.75, 3.05) is 6.61 Å². The highest BCUT2D eigenvalue weighted by Crippen LogP contribution is 2.31. The van der Waals surface area contributed by atoms with Crippen LogP contribution in [0.5, 0.6) is 0 Å². The van der Waals surface area contributed by atoms with E-state index in [1.807, 2.05) is 53.1 Å². The molecule has 0 atom stereocenters. The number of Topliss-reactive ketones (excluding diaryl/α,β-unsaturated/α-hetero) is 1. The molecule has 1 aromatic heterocycles. The predicted molar refractivity (Wildman–Crippen MR) is 116 cm³/mol. The topological polar surface area (TPSA) is 65.4 Å². The van der Waals surface area contributed by atoms with Crippen LogP contribution in [0, 0.1) is 0 Å². The number of esters is 1.